The van der Waals surface area contributed by atoms with Gasteiger partial charge in [0.05, 0.1) is 12.5 Å². The summed E-state index contributed by atoms with van der Waals surface area (Å²) in [6, 6.07) is 5.98. The molecule has 1 N–H and O–H groups in total. The SMILES string of the molecule is Cc1cc(OCCNCc2ccoc2)c(C(C)C)cc1Cl. The van der Waals surface area contributed by atoms with E-state index in [0.29, 0.717) is 12.5 Å². The van der Waals surface area contributed by atoms with Crippen molar-refractivity contribution in [2.75, 3.05) is 13.2 Å². The van der Waals surface area contributed by atoms with Crippen molar-refractivity contribution in [3.8, 4) is 5.75 Å². The van der Waals surface area contributed by atoms with Crippen molar-refractivity contribution in [3.05, 3.63) is 52.4 Å². The highest BCUT2D eigenvalue weighted by molar-refractivity contribution is 6.31. The molecule has 0 unspecified atom stereocenters. The molecule has 0 aliphatic carbocycles. The molecule has 4 heteroatoms. The van der Waals surface area contributed by atoms with Gasteiger partial charge in [-0.3, -0.25) is 0 Å². The van der Waals surface area contributed by atoms with Crippen LogP contribution in [0.25, 0.3) is 0 Å². The number of halogens is 1. The number of hydrogen-bond donors (Lipinski definition) is 1. The van der Waals surface area contributed by atoms with E-state index in [4.69, 9.17) is 20.8 Å². The predicted molar refractivity (Wildman–Crippen MR) is 86.2 cm³/mol. The number of hydrogen-bond acceptors (Lipinski definition) is 3. The molecule has 0 radical (unpaired) electrons. The Morgan fingerprint density at radius 1 is 1.33 bits per heavy atom. The maximum Gasteiger partial charge on any atom is 0.123 e. The van der Waals surface area contributed by atoms with Crippen LogP contribution < -0.4 is 10.1 Å². The van der Waals surface area contributed by atoms with Crippen molar-refractivity contribution in [3.63, 3.8) is 0 Å². The molecule has 3 nitrogen and oxygen atoms in total. The van der Waals surface area contributed by atoms with Gasteiger partial charge >= 0.3 is 0 Å². The van der Waals surface area contributed by atoms with Gasteiger partial charge in [0, 0.05) is 23.7 Å². The molecule has 0 saturated carbocycles. The normalized spacial score (nSPS) is 11.1. The summed E-state index contributed by atoms with van der Waals surface area (Å²) in [4.78, 5) is 0. The maximum absolute atomic E-state index is 6.19. The Labute approximate surface area is 131 Å². The van der Waals surface area contributed by atoms with Crippen molar-refractivity contribution < 1.29 is 9.15 Å². The fourth-order valence-corrected chi connectivity index (χ4v) is 2.28. The van der Waals surface area contributed by atoms with E-state index in [-0.39, 0.29) is 0 Å². The number of rotatable bonds is 7. The molecule has 21 heavy (non-hydrogen) atoms. The van der Waals surface area contributed by atoms with Crippen LogP contribution >= 0.6 is 11.6 Å². The van der Waals surface area contributed by atoms with Crippen LogP contribution in [0.1, 0.15) is 36.5 Å². The largest absolute Gasteiger partial charge is 0.492 e. The second-order valence-corrected chi connectivity index (χ2v) is 5.86. The monoisotopic (exact) mass is 307 g/mol. The van der Waals surface area contributed by atoms with Crippen molar-refractivity contribution in [2.24, 2.45) is 0 Å². The molecule has 0 spiro atoms. The lowest BCUT2D eigenvalue weighted by atomic mass is 10.0. The zero-order valence-corrected chi connectivity index (χ0v) is 13.5. The Bertz CT molecular complexity index is 564. The van der Waals surface area contributed by atoms with Crippen LogP contribution in [0, 0.1) is 6.92 Å². The van der Waals surface area contributed by atoms with Gasteiger partial charge in [0.25, 0.3) is 0 Å². The Balaban J connectivity index is 1.86. The highest BCUT2D eigenvalue weighted by Gasteiger charge is 2.10. The van der Waals surface area contributed by atoms with Crippen LogP contribution in [0.4, 0.5) is 0 Å². The van der Waals surface area contributed by atoms with E-state index in [1.165, 1.54) is 0 Å². The molecular formula is C17H22ClNO2. The summed E-state index contributed by atoms with van der Waals surface area (Å²) in [6.07, 6.45) is 3.42. The Hall–Kier alpha value is -1.45. The van der Waals surface area contributed by atoms with Gasteiger partial charge in [-0.1, -0.05) is 25.4 Å². The van der Waals surface area contributed by atoms with Gasteiger partial charge in [-0.25, -0.2) is 0 Å². The number of nitrogens with one attached hydrogen (secondary N) is 1. The quantitative estimate of drug-likeness (QED) is 0.763. The van der Waals surface area contributed by atoms with Gasteiger partial charge in [0.15, 0.2) is 0 Å². The Kier molecular flexibility index (Phi) is 5.71. The van der Waals surface area contributed by atoms with Gasteiger partial charge in [0.1, 0.15) is 12.4 Å². The van der Waals surface area contributed by atoms with E-state index in [1.807, 2.05) is 25.1 Å². The first-order valence-corrected chi connectivity index (χ1v) is 7.60. The second kappa shape index (κ2) is 7.53. The van der Waals surface area contributed by atoms with E-state index < -0.39 is 0 Å². The lowest BCUT2D eigenvalue weighted by Crippen LogP contribution is -2.20. The third-order valence-corrected chi connectivity index (χ3v) is 3.77. The third kappa shape index (κ3) is 4.51. The van der Waals surface area contributed by atoms with E-state index in [9.17, 15) is 0 Å². The van der Waals surface area contributed by atoms with Crippen LogP contribution in [0.2, 0.25) is 5.02 Å². The fraction of sp³-hybridized carbons (Fsp3) is 0.412. The minimum Gasteiger partial charge on any atom is -0.492 e. The van der Waals surface area contributed by atoms with Gasteiger partial charge < -0.3 is 14.5 Å². The molecule has 0 bridgehead atoms. The molecule has 2 rings (SSSR count). The topological polar surface area (TPSA) is 34.4 Å². The molecule has 1 aromatic heterocycles. The van der Waals surface area contributed by atoms with Gasteiger partial charge in [-0.05, 0) is 42.2 Å². The summed E-state index contributed by atoms with van der Waals surface area (Å²) >= 11 is 6.19. The van der Waals surface area contributed by atoms with Crippen LogP contribution in [0.3, 0.4) is 0 Å². The number of furan rings is 1. The van der Waals surface area contributed by atoms with Crippen molar-refractivity contribution >= 4 is 11.6 Å². The highest BCUT2D eigenvalue weighted by atomic mass is 35.5. The zero-order valence-electron chi connectivity index (χ0n) is 12.8. The van der Waals surface area contributed by atoms with Gasteiger partial charge in [-0.2, -0.15) is 0 Å². The lowest BCUT2D eigenvalue weighted by Gasteiger charge is -2.16. The smallest absolute Gasteiger partial charge is 0.123 e. The zero-order chi connectivity index (χ0) is 15.2. The molecule has 114 valence electrons. The van der Waals surface area contributed by atoms with Gasteiger partial charge in [0.2, 0.25) is 0 Å². The first kappa shape index (κ1) is 15.9. The van der Waals surface area contributed by atoms with E-state index in [0.717, 1.165) is 40.6 Å². The van der Waals surface area contributed by atoms with Gasteiger partial charge in [-0.15, -0.1) is 0 Å². The van der Waals surface area contributed by atoms with Crippen LogP contribution in [-0.4, -0.2) is 13.2 Å². The molecular weight excluding hydrogens is 286 g/mol. The summed E-state index contributed by atoms with van der Waals surface area (Å²) < 4.78 is 10.9. The summed E-state index contributed by atoms with van der Waals surface area (Å²) in [5.74, 6) is 1.31. The molecule has 0 aliphatic heterocycles. The summed E-state index contributed by atoms with van der Waals surface area (Å²) in [5, 5.41) is 4.12. The molecule has 0 amide bonds. The minimum absolute atomic E-state index is 0.386. The average molecular weight is 308 g/mol. The Morgan fingerprint density at radius 3 is 2.81 bits per heavy atom. The molecule has 0 fully saturated rings. The van der Waals surface area contributed by atoms with E-state index >= 15 is 0 Å². The summed E-state index contributed by atoms with van der Waals surface area (Å²) in [5.41, 5.74) is 3.34. The van der Waals surface area contributed by atoms with Crippen molar-refractivity contribution in [1.82, 2.24) is 5.32 Å². The third-order valence-electron chi connectivity index (χ3n) is 3.36. The highest BCUT2D eigenvalue weighted by Crippen LogP contribution is 2.31. The first-order chi connectivity index (χ1) is 10.1. The second-order valence-electron chi connectivity index (χ2n) is 5.45. The van der Waals surface area contributed by atoms with Crippen LogP contribution in [0.15, 0.2) is 35.1 Å². The number of benzene rings is 1. The van der Waals surface area contributed by atoms with Crippen molar-refractivity contribution in [2.45, 2.75) is 33.2 Å². The number of ether oxygens (including phenoxy) is 1. The maximum atomic E-state index is 6.19. The number of aryl methyl sites for hydroxylation is 1. The van der Waals surface area contributed by atoms with E-state index in [2.05, 4.69) is 19.2 Å². The summed E-state index contributed by atoms with van der Waals surface area (Å²) in [6.45, 7) is 8.48. The summed E-state index contributed by atoms with van der Waals surface area (Å²) in [7, 11) is 0. The van der Waals surface area contributed by atoms with Crippen molar-refractivity contribution in [1.29, 1.82) is 0 Å². The van der Waals surface area contributed by atoms with E-state index in [1.54, 1.807) is 12.5 Å². The molecule has 0 atom stereocenters. The molecule has 2 aromatic rings. The predicted octanol–water partition coefficient (Wildman–Crippen LogP) is 4.53. The standard InChI is InChI=1S/C17H22ClNO2/c1-12(2)15-9-16(18)13(3)8-17(15)21-7-5-19-10-14-4-6-20-11-14/h4,6,8-9,11-12,19H,5,7,10H2,1-3H3. The molecule has 0 saturated heterocycles. The molecule has 1 heterocycles. The Morgan fingerprint density at radius 2 is 2.14 bits per heavy atom. The van der Waals surface area contributed by atoms with Crippen LogP contribution in [-0.2, 0) is 6.54 Å². The average Bonchev–Trinajstić information content (AvgIpc) is 2.95. The fourth-order valence-electron chi connectivity index (χ4n) is 2.11. The lowest BCUT2D eigenvalue weighted by molar-refractivity contribution is 0.309. The molecule has 0 aliphatic rings. The first-order valence-electron chi connectivity index (χ1n) is 7.22. The minimum atomic E-state index is 0.386. The van der Waals surface area contributed by atoms with Crippen LogP contribution in [0.5, 0.6) is 5.75 Å². The molecule has 1 aromatic carbocycles.